The number of nitrogens with one attached hydrogen (secondary N) is 1. The number of carboxylic acids is 1. The number of aliphatic carboxylic acids is 1. The van der Waals surface area contributed by atoms with Crippen molar-refractivity contribution in [1.29, 1.82) is 0 Å². The number of carbonyl (C=O) groups is 2. The SMILES string of the molecule is C=CS(=O)(=O)CCOC1C(OC2C(NC(C)=O)C(OC)OC(CO)C2OS(=O)(=O)[O-])OC(C(=O)O)C(O)C1OC.[Na+]. The van der Waals surface area contributed by atoms with Gasteiger partial charge >= 0.3 is 35.5 Å². The summed E-state index contributed by atoms with van der Waals surface area (Å²) in [6, 6.07) is -1.46. The number of aliphatic hydroxyl groups excluding tert-OH is 2. The summed E-state index contributed by atoms with van der Waals surface area (Å²) in [5.74, 6) is -2.98. The summed E-state index contributed by atoms with van der Waals surface area (Å²) >= 11 is 0. The van der Waals surface area contributed by atoms with Crippen LogP contribution in [0.4, 0.5) is 0 Å². The number of carboxylic acid groups (broad SMARTS) is 1. The fourth-order valence-electron chi connectivity index (χ4n) is 4.18. The molecule has 0 aliphatic carbocycles. The summed E-state index contributed by atoms with van der Waals surface area (Å²) < 4.78 is 95.6. The van der Waals surface area contributed by atoms with E-state index in [0.717, 1.165) is 21.1 Å². The van der Waals surface area contributed by atoms with Crippen molar-refractivity contribution in [3.8, 4) is 0 Å². The molecule has 232 valence electrons. The van der Waals surface area contributed by atoms with Gasteiger partial charge in [-0.3, -0.25) is 8.98 Å². The van der Waals surface area contributed by atoms with Crippen molar-refractivity contribution >= 4 is 32.1 Å². The molecule has 0 spiro atoms. The Balaban J connectivity index is 0.00000840. The van der Waals surface area contributed by atoms with Gasteiger partial charge in [0, 0.05) is 26.6 Å². The van der Waals surface area contributed by atoms with Gasteiger partial charge in [0.1, 0.15) is 42.7 Å². The zero-order valence-corrected chi connectivity index (χ0v) is 26.2. The molecule has 18 nitrogen and oxygen atoms in total. The van der Waals surface area contributed by atoms with E-state index < -0.39 is 112 Å². The normalized spacial score (nSPS) is 34.3. The number of methoxy groups -OCH3 is 2. The van der Waals surface area contributed by atoms with Crippen LogP contribution in [0.2, 0.25) is 0 Å². The fraction of sp³-hybridized carbons (Fsp3) is 0.800. The molecule has 4 N–H and O–H groups in total. The standard InChI is InChI=1S/C20H33NO17S2.Na/c1-5-39(27,28)7-6-34-17-15(32-3)12(24)16(18(25)26)37-20(17)36-14-11(21-9(2)23)19(33-4)35-10(8-22)13(14)38-40(29,30)31;/h5,10-17,19-20,22,24H,1,6-8H2,2-4H3,(H,21,23)(H,25,26)(H,29,30,31);/q;+1/p-1. The maximum atomic E-state index is 12.0. The molecule has 2 saturated heterocycles. The molecule has 0 radical (unpaired) electrons. The Morgan fingerprint density at radius 3 is 2.15 bits per heavy atom. The number of aliphatic hydroxyl groups is 2. The van der Waals surface area contributed by atoms with Crippen LogP contribution in [0.25, 0.3) is 0 Å². The molecule has 1 amide bonds. The minimum Gasteiger partial charge on any atom is -0.726 e. The Bertz CT molecular complexity index is 1110. The Kier molecular flexibility index (Phi) is 15.2. The monoisotopic (exact) mass is 645 g/mol. The molecule has 0 saturated carbocycles. The van der Waals surface area contributed by atoms with E-state index in [1.807, 2.05) is 0 Å². The molecule has 0 aromatic carbocycles. The third-order valence-corrected chi connectivity index (χ3v) is 7.62. The zero-order chi connectivity index (χ0) is 30.4. The predicted molar refractivity (Wildman–Crippen MR) is 127 cm³/mol. The van der Waals surface area contributed by atoms with Crippen molar-refractivity contribution in [2.24, 2.45) is 0 Å². The van der Waals surface area contributed by atoms with Gasteiger partial charge in [-0.15, -0.1) is 0 Å². The number of rotatable bonds is 14. The fourth-order valence-corrected chi connectivity index (χ4v) is 5.18. The van der Waals surface area contributed by atoms with E-state index in [4.69, 9.17) is 28.4 Å². The summed E-state index contributed by atoms with van der Waals surface area (Å²) in [6.07, 6.45) is -15.6. The summed E-state index contributed by atoms with van der Waals surface area (Å²) in [5, 5.41) is 33.0. The molecule has 10 unspecified atom stereocenters. The van der Waals surface area contributed by atoms with Gasteiger partial charge in [-0.05, 0) is 0 Å². The first kappa shape index (κ1) is 38.2. The van der Waals surface area contributed by atoms with Gasteiger partial charge in [-0.2, -0.15) is 0 Å². The molecule has 0 aromatic rings. The van der Waals surface area contributed by atoms with E-state index in [9.17, 15) is 46.3 Å². The molecule has 0 bridgehead atoms. The van der Waals surface area contributed by atoms with Crippen molar-refractivity contribution in [3.63, 3.8) is 0 Å². The van der Waals surface area contributed by atoms with Gasteiger partial charge in [-0.25, -0.2) is 21.6 Å². The average molecular weight is 646 g/mol. The number of ether oxygens (including phenoxy) is 6. The Morgan fingerprint density at radius 1 is 1.05 bits per heavy atom. The molecule has 0 aromatic heterocycles. The summed E-state index contributed by atoms with van der Waals surface area (Å²) in [4.78, 5) is 23.8. The van der Waals surface area contributed by atoms with Crippen LogP contribution in [0.15, 0.2) is 12.0 Å². The van der Waals surface area contributed by atoms with E-state index in [1.54, 1.807) is 0 Å². The average Bonchev–Trinajstić information content (AvgIpc) is 2.85. The van der Waals surface area contributed by atoms with E-state index >= 15 is 0 Å². The largest absolute Gasteiger partial charge is 1.00 e. The molecule has 2 fully saturated rings. The molecule has 10 atom stereocenters. The molecular formula is C20H32NNaO17S2. The number of hydrogen-bond donors (Lipinski definition) is 4. The van der Waals surface area contributed by atoms with E-state index in [1.165, 1.54) is 0 Å². The Hall–Kier alpha value is -0.820. The second-order valence-electron chi connectivity index (χ2n) is 8.58. The molecule has 21 heteroatoms. The maximum absolute atomic E-state index is 12.0. The Labute approximate surface area is 258 Å². The van der Waals surface area contributed by atoms with Crippen molar-refractivity contribution in [3.05, 3.63) is 12.0 Å². The topological polar surface area (TPSA) is 263 Å². The minimum atomic E-state index is -5.49. The number of sulfone groups is 1. The van der Waals surface area contributed by atoms with Gasteiger partial charge in [0.05, 0.1) is 19.0 Å². The molecule has 2 rings (SSSR count). The van der Waals surface area contributed by atoms with Crippen LogP contribution in [0.1, 0.15) is 6.92 Å². The molecular weight excluding hydrogens is 613 g/mol. The van der Waals surface area contributed by atoms with E-state index in [0.29, 0.717) is 5.41 Å². The summed E-state index contributed by atoms with van der Waals surface area (Å²) in [7, 11) is -7.04. The third kappa shape index (κ3) is 10.4. The summed E-state index contributed by atoms with van der Waals surface area (Å²) in [5.41, 5.74) is 0. The number of hydrogen-bond acceptors (Lipinski definition) is 16. The van der Waals surface area contributed by atoms with Crippen LogP contribution in [0.5, 0.6) is 0 Å². The van der Waals surface area contributed by atoms with Crippen LogP contribution in [-0.2, 0) is 62.4 Å². The van der Waals surface area contributed by atoms with Crippen LogP contribution in [-0.4, -0.2) is 143 Å². The van der Waals surface area contributed by atoms with Crippen LogP contribution in [0, 0.1) is 0 Å². The van der Waals surface area contributed by atoms with E-state index in [2.05, 4.69) is 16.1 Å². The molecule has 41 heavy (non-hydrogen) atoms. The van der Waals surface area contributed by atoms with Crippen molar-refractivity contribution in [2.75, 3.05) is 33.2 Å². The molecule has 2 heterocycles. The van der Waals surface area contributed by atoms with E-state index in [-0.39, 0.29) is 29.6 Å². The number of amides is 1. The quantitative estimate of drug-likeness (QED) is 0.0777. The molecule has 2 aliphatic heterocycles. The minimum absolute atomic E-state index is 0. The second-order valence-corrected chi connectivity index (χ2v) is 11.7. The van der Waals surface area contributed by atoms with Gasteiger partial charge in [0.15, 0.2) is 28.5 Å². The second kappa shape index (κ2) is 16.3. The smallest absolute Gasteiger partial charge is 0.726 e. The van der Waals surface area contributed by atoms with Crippen LogP contribution >= 0.6 is 0 Å². The predicted octanol–water partition coefficient (Wildman–Crippen LogP) is -6.78. The molecule has 2 aliphatic rings. The van der Waals surface area contributed by atoms with Gasteiger partial charge in [-0.1, -0.05) is 6.58 Å². The Morgan fingerprint density at radius 2 is 1.68 bits per heavy atom. The first-order chi connectivity index (χ1) is 18.6. The van der Waals surface area contributed by atoms with Crippen LogP contribution < -0.4 is 34.9 Å². The van der Waals surface area contributed by atoms with Gasteiger partial charge in [0.2, 0.25) is 16.3 Å². The third-order valence-electron chi connectivity index (χ3n) is 5.92. The van der Waals surface area contributed by atoms with Crippen molar-refractivity contribution < 1.29 is 108 Å². The van der Waals surface area contributed by atoms with Gasteiger partial charge < -0.3 is 53.6 Å². The zero-order valence-electron chi connectivity index (χ0n) is 22.6. The number of carbonyl (C=O) groups excluding carboxylic acids is 1. The first-order valence-corrected chi connectivity index (χ1v) is 14.6. The van der Waals surface area contributed by atoms with Gasteiger partial charge in [0.25, 0.3) is 0 Å². The van der Waals surface area contributed by atoms with Crippen molar-refractivity contribution in [2.45, 2.75) is 68.3 Å². The van der Waals surface area contributed by atoms with Crippen molar-refractivity contribution in [1.82, 2.24) is 5.32 Å². The summed E-state index contributed by atoms with van der Waals surface area (Å²) in [6.45, 7) is 2.76. The first-order valence-electron chi connectivity index (χ1n) is 11.5. The van der Waals surface area contributed by atoms with Crippen LogP contribution in [0.3, 0.4) is 0 Å². The maximum Gasteiger partial charge on any atom is 1.00 e.